The topological polar surface area (TPSA) is 26.0 Å². The highest BCUT2D eigenvalue weighted by atomic mass is 35.5. The molecule has 0 heterocycles. The van der Waals surface area contributed by atoms with Gasteiger partial charge < -0.3 is 5.73 Å². The zero-order valence-electron chi connectivity index (χ0n) is 8.43. The highest BCUT2D eigenvalue weighted by Crippen LogP contribution is 2.72. The molecule has 0 radical (unpaired) electrons. The Morgan fingerprint density at radius 3 is 2.14 bits per heavy atom. The quantitative estimate of drug-likeness (QED) is 0.730. The average Bonchev–Trinajstić information content (AvgIpc) is 2.54. The van der Waals surface area contributed by atoms with E-state index in [9.17, 15) is 8.78 Å². The molecule has 2 aliphatic rings. The van der Waals surface area contributed by atoms with Crippen LogP contribution in [0.1, 0.15) is 39.0 Å². The van der Waals surface area contributed by atoms with E-state index >= 15 is 0 Å². The molecule has 0 aliphatic heterocycles. The lowest BCUT2D eigenvalue weighted by atomic mass is 9.81. The fraction of sp³-hybridized carbons (Fsp3) is 1.00. The number of hydrogen-bond acceptors (Lipinski definition) is 1. The van der Waals surface area contributed by atoms with E-state index < -0.39 is 11.3 Å². The maximum atomic E-state index is 13.4. The predicted octanol–water partition coefficient (Wildman–Crippen LogP) is 2.97. The van der Waals surface area contributed by atoms with Gasteiger partial charge in [-0.25, -0.2) is 8.78 Å². The summed E-state index contributed by atoms with van der Waals surface area (Å²) in [6, 6.07) is 0.166. The molecule has 0 aromatic carbocycles. The number of nitrogens with two attached hydrogens (primary N) is 1. The van der Waals surface area contributed by atoms with Crippen LogP contribution in [0.5, 0.6) is 0 Å². The van der Waals surface area contributed by atoms with Gasteiger partial charge in [-0.1, -0.05) is 6.92 Å². The Hall–Kier alpha value is 0.110. The van der Waals surface area contributed by atoms with E-state index in [-0.39, 0.29) is 24.4 Å². The Bertz CT molecular complexity index is 212. The monoisotopic (exact) mass is 225 g/mol. The Kier molecular flexibility index (Phi) is 3.13. The highest BCUT2D eigenvalue weighted by molar-refractivity contribution is 5.85. The third kappa shape index (κ3) is 1.36. The van der Waals surface area contributed by atoms with Gasteiger partial charge in [-0.2, -0.15) is 0 Å². The molecule has 0 saturated heterocycles. The third-order valence-corrected chi connectivity index (χ3v) is 4.02. The molecule has 0 bridgehead atoms. The second kappa shape index (κ2) is 3.60. The van der Waals surface area contributed by atoms with Crippen LogP contribution in [0, 0.1) is 11.3 Å². The fourth-order valence-electron chi connectivity index (χ4n) is 3.08. The first-order valence-electron chi connectivity index (χ1n) is 5.18. The number of rotatable bonds is 1. The smallest absolute Gasteiger partial charge is 0.257 e. The van der Waals surface area contributed by atoms with Crippen molar-refractivity contribution in [3.05, 3.63) is 0 Å². The molecule has 2 saturated carbocycles. The molecule has 2 rings (SSSR count). The molecule has 2 fully saturated rings. The van der Waals surface area contributed by atoms with E-state index in [4.69, 9.17) is 5.73 Å². The van der Waals surface area contributed by atoms with Crippen molar-refractivity contribution in [2.75, 3.05) is 0 Å². The van der Waals surface area contributed by atoms with Gasteiger partial charge in [0.15, 0.2) is 0 Å². The second-order valence-corrected chi connectivity index (χ2v) is 4.58. The molecule has 0 amide bonds. The SMILES string of the molecule is CCC1C(F)(F)C12CCC(N)CC2.Cl. The minimum Gasteiger partial charge on any atom is -0.328 e. The van der Waals surface area contributed by atoms with Gasteiger partial charge >= 0.3 is 0 Å². The van der Waals surface area contributed by atoms with Crippen molar-refractivity contribution in [2.45, 2.75) is 51.0 Å². The normalized spacial score (nSPS) is 44.6. The van der Waals surface area contributed by atoms with Crippen LogP contribution in [-0.2, 0) is 0 Å². The second-order valence-electron chi connectivity index (χ2n) is 4.58. The van der Waals surface area contributed by atoms with Gasteiger partial charge in [0.25, 0.3) is 5.92 Å². The maximum absolute atomic E-state index is 13.4. The Morgan fingerprint density at radius 1 is 1.29 bits per heavy atom. The molecule has 1 unspecified atom stereocenters. The molecule has 1 nitrogen and oxygen atoms in total. The molecule has 1 atom stereocenters. The summed E-state index contributed by atoms with van der Waals surface area (Å²) in [6.45, 7) is 1.86. The summed E-state index contributed by atoms with van der Waals surface area (Å²) in [6.07, 6.45) is 3.46. The lowest BCUT2D eigenvalue weighted by Gasteiger charge is -2.26. The van der Waals surface area contributed by atoms with Gasteiger partial charge in [-0.3, -0.25) is 0 Å². The van der Waals surface area contributed by atoms with Crippen LogP contribution in [0.25, 0.3) is 0 Å². The van der Waals surface area contributed by atoms with Crippen LogP contribution in [0.3, 0.4) is 0 Å². The van der Waals surface area contributed by atoms with Crippen LogP contribution in [-0.4, -0.2) is 12.0 Å². The van der Waals surface area contributed by atoms with Crippen molar-refractivity contribution in [3.8, 4) is 0 Å². The van der Waals surface area contributed by atoms with Crippen LogP contribution in [0.2, 0.25) is 0 Å². The molecule has 14 heavy (non-hydrogen) atoms. The number of alkyl halides is 2. The van der Waals surface area contributed by atoms with E-state index in [0.29, 0.717) is 19.3 Å². The summed E-state index contributed by atoms with van der Waals surface area (Å²) in [5.41, 5.74) is 5.07. The van der Waals surface area contributed by atoms with E-state index in [2.05, 4.69) is 0 Å². The lowest BCUT2D eigenvalue weighted by molar-refractivity contribution is 0.0417. The first-order chi connectivity index (χ1) is 6.04. The van der Waals surface area contributed by atoms with Gasteiger partial charge in [-0.05, 0) is 32.1 Å². The average molecular weight is 226 g/mol. The van der Waals surface area contributed by atoms with Crippen molar-refractivity contribution in [1.29, 1.82) is 0 Å². The van der Waals surface area contributed by atoms with Crippen molar-refractivity contribution in [3.63, 3.8) is 0 Å². The summed E-state index contributed by atoms with van der Waals surface area (Å²) in [5, 5.41) is 0. The van der Waals surface area contributed by atoms with Crippen molar-refractivity contribution < 1.29 is 8.78 Å². The van der Waals surface area contributed by atoms with Crippen molar-refractivity contribution in [2.24, 2.45) is 17.1 Å². The fourth-order valence-corrected chi connectivity index (χ4v) is 3.08. The van der Waals surface area contributed by atoms with Gasteiger partial charge in [0.2, 0.25) is 0 Å². The van der Waals surface area contributed by atoms with Crippen LogP contribution in [0.4, 0.5) is 8.78 Å². The van der Waals surface area contributed by atoms with Gasteiger partial charge in [0.1, 0.15) is 0 Å². The van der Waals surface area contributed by atoms with Crippen LogP contribution >= 0.6 is 12.4 Å². The van der Waals surface area contributed by atoms with Gasteiger partial charge in [0.05, 0.1) is 0 Å². The Morgan fingerprint density at radius 2 is 1.79 bits per heavy atom. The summed E-state index contributed by atoms with van der Waals surface area (Å²) < 4.78 is 26.8. The molecule has 2 aliphatic carbocycles. The molecule has 0 aromatic heterocycles. The van der Waals surface area contributed by atoms with E-state index in [1.165, 1.54) is 0 Å². The van der Waals surface area contributed by atoms with Crippen LogP contribution in [0.15, 0.2) is 0 Å². The standard InChI is InChI=1S/C10H17F2N.ClH/c1-2-8-9(10(8,11)12)5-3-7(13)4-6-9;/h7-8H,2-6,13H2,1H3;1H. The maximum Gasteiger partial charge on any atom is 0.257 e. The van der Waals surface area contributed by atoms with Crippen molar-refractivity contribution in [1.82, 2.24) is 0 Å². The van der Waals surface area contributed by atoms with E-state index in [1.807, 2.05) is 6.92 Å². The number of hydrogen-bond donors (Lipinski definition) is 1. The lowest BCUT2D eigenvalue weighted by Crippen LogP contribution is -2.29. The van der Waals surface area contributed by atoms with E-state index in [0.717, 1.165) is 12.8 Å². The molecular formula is C10H18ClF2N. The molecule has 1 spiro atoms. The minimum absolute atomic E-state index is 0. The summed E-state index contributed by atoms with van der Waals surface area (Å²) in [4.78, 5) is 0. The summed E-state index contributed by atoms with van der Waals surface area (Å²) in [5.74, 6) is -2.74. The first kappa shape index (κ1) is 12.2. The molecule has 4 heteroatoms. The van der Waals surface area contributed by atoms with Gasteiger partial charge in [-0.15, -0.1) is 12.4 Å². The van der Waals surface area contributed by atoms with Crippen molar-refractivity contribution >= 4 is 12.4 Å². The Balaban J connectivity index is 0.000000980. The molecular weight excluding hydrogens is 208 g/mol. The molecule has 84 valence electrons. The molecule has 0 aromatic rings. The van der Waals surface area contributed by atoms with Gasteiger partial charge in [0, 0.05) is 17.4 Å². The summed E-state index contributed by atoms with van der Waals surface area (Å²) in [7, 11) is 0. The molecule has 2 N–H and O–H groups in total. The summed E-state index contributed by atoms with van der Waals surface area (Å²) >= 11 is 0. The largest absolute Gasteiger partial charge is 0.328 e. The zero-order valence-corrected chi connectivity index (χ0v) is 9.25. The minimum atomic E-state index is -2.39. The Labute approximate surface area is 89.8 Å². The third-order valence-electron chi connectivity index (χ3n) is 4.02. The van der Waals surface area contributed by atoms with E-state index in [1.54, 1.807) is 0 Å². The highest BCUT2D eigenvalue weighted by Gasteiger charge is 2.78. The van der Waals surface area contributed by atoms with Crippen LogP contribution < -0.4 is 5.73 Å². The predicted molar refractivity (Wildman–Crippen MR) is 54.9 cm³/mol. The zero-order chi connectivity index (χ0) is 9.69. The number of halogens is 3. The first-order valence-corrected chi connectivity index (χ1v) is 5.18.